The molecule has 1 rings (SSSR count). The molecule has 19 heavy (non-hydrogen) atoms. The number of hydrogen-bond donors (Lipinski definition) is 2. The van der Waals surface area contributed by atoms with Crippen molar-refractivity contribution < 1.29 is 18.0 Å². The van der Waals surface area contributed by atoms with Crippen molar-refractivity contribution >= 4 is 11.6 Å². The first kappa shape index (κ1) is 15.3. The molecule has 0 aromatic carbocycles. The maximum absolute atomic E-state index is 12.4. The molecule has 0 aliphatic heterocycles. The Morgan fingerprint density at radius 1 is 1.42 bits per heavy atom. The molecule has 0 fully saturated rings. The van der Waals surface area contributed by atoms with E-state index in [2.05, 4.69) is 10.2 Å². The minimum absolute atomic E-state index is 0.00605. The summed E-state index contributed by atoms with van der Waals surface area (Å²) in [6, 6.07) is 0. The summed E-state index contributed by atoms with van der Waals surface area (Å²) in [5, 5.41) is 6.27. The first-order chi connectivity index (χ1) is 8.80. The summed E-state index contributed by atoms with van der Waals surface area (Å²) < 4.78 is 37.3. The standard InChI is InChI=1S/C11H17F3N4O/c1-3-5-18(6-11(12,13)14)10(19)9-8(15)7(4-2)16-17-9/h3-6,15H2,1-2H3,(H,16,17). The number of halogens is 3. The summed E-state index contributed by atoms with van der Waals surface area (Å²) in [6.07, 6.45) is -3.49. The van der Waals surface area contributed by atoms with Crippen molar-refractivity contribution in [2.45, 2.75) is 32.9 Å². The smallest absolute Gasteiger partial charge is 0.395 e. The molecule has 1 aromatic rings. The van der Waals surface area contributed by atoms with Crippen molar-refractivity contribution in [2.75, 3.05) is 18.8 Å². The summed E-state index contributed by atoms with van der Waals surface area (Å²) in [7, 11) is 0. The van der Waals surface area contributed by atoms with Gasteiger partial charge in [0.1, 0.15) is 6.54 Å². The van der Waals surface area contributed by atoms with Crippen molar-refractivity contribution in [3.63, 3.8) is 0 Å². The Balaban J connectivity index is 2.95. The summed E-state index contributed by atoms with van der Waals surface area (Å²) in [6.45, 7) is 2.21. The third-order valence-electron chi connectivity index (χ3n) is 2.59. The largest absolute Gasteiger partial charge is 0.406 e. The number of hydrogen-bond acceptors (Lipinski definition) is 3. The number of amides is 1. The number of carbonyl (C=O) groups excluding carboxylic acids is 1. The average Bonchev–Trinajstić information content (AvgIpc) is 2.67. The van der Waals surface area contributed by atoms with Crippen LogP contribution in [0.25, 0.3) is 0 Å². The van der Waals surface area contributed by atoms with E-state index in [4.69, 9.17) is 5.73 Å². The van der Waals surface area contributed by atoms with E-state index in [0.29, 0.717) is 23.4 Å². The molecule has 1 heterocycles. The first-order valence-corrected chi connectivity index (χ1v) is 5.98. The number of nitrogens with zero attached hydrogens (tertiary/aromatic N) is 2. The van der Waals surface area contributed by atoms with Gasteiger partial charge in [-0.1, -0.05) is 13.8 Å². The summed E-state index contributed by atoms with van der Waals surface area (Å²) >= 11 is 0. The van der Waals surface area contributed by atoms with E-state index < -0.39 is 18.6 Å². The highest BCUT2D eigenvalue weighted by atomic mass is 19.4. The van der Waals surface area contributed by atoms with E-state index in [9.17, 15) is 18.0 Å². The molecule has 0 aliphatic carbocycles. The highest BCUT2D eigenvalue weighted by molar-refractivity contribution is 5.97. The second-order valence-electron chi connectivity index (χ2n) is 4.16. The molecule has 108 valence electrons. The normalized spacial score (nSPS) is 11.6. The van der Waals surface area contributed by atoms with Gasteiger partial charge in [-0.15, -0.1) is 0 Å². The fourth-order valence-corrected chi connectivity index (χ4v) is 1.71. The Bertz CT molecular complexity index is 442. The van der Waals surface area contributed by atoms with Crippen LogP contribution in [0.1, 0.15) is 36.5 Å². The number of aromatic amines is 1. The van der Waals surface area contributed by atoms with Crippen molar-refractivity contribution in [2.24, 2.45) is 0 Å². The zero-order valence-corrected chi connectivity index (χ0v) is 10.8. The molecule has 0 saturated carbocycles. The van der Waals surface area contributed by atoms with Crippen molar-refractivity contribution in [1.82, 2.24) is 15.1 Å². The van der Waals surface area contributed by atoms with Gasteiger partial charge in [0.25, 0.3) is 5.91 Å². The molecule has 8 heteroatoms. The number of nitrogen functional groups attached to an aromatic ring is 1. The zero-order chi connectivity index (χ0) is 14.6. The van der Waals surface area contributed by atoms with Crippen LogP contribution in [0.3, 0.4) is 0 Å². The van der Waals surface area contributed by atoms with Crippen LogP contribution in [-0.2, 0) is 6.42 Å². The third kappa shape index (κ3) is 3.87. The molecule has 0 spiro atoms. The van der Waals surface area contributed by atoms with Crippen LogP contribution in [0.2, 0.25) is 0 Å². The summed E-state index contributed by atoms with van der Waals surface area (Å²) in [5.41, 5.74) is 6.22. The highest BCUT2D eigenvalue weighted by Gasteiger charge is 2.34. The number of H-pyrrole nitrogens is 1. The summed E-state index contributed by atoms with van der Waals surface area (Å²) in [5.74, 6) is -0.798. The van der Waals surface area contributed by atoms with Crippen LogP contribution in [0, 0.1) is 0 Å². The molecule has 3 N–H and O–H groups in total. The Morgan fingerprint density at radius 2 is 2.05 bits per heavy atom. The third-order valence-corrected chi connectivity index (χ3v) is 2.59. The van der Waals surface area contributed by atoms with Crippen molar-refractivity contribution in [3.05, 3.63) is 11.4 Å². The molecule has 1 aromatic heterocycles. The van der Waals surface area contributed by atoms with E-state index >= 15 is 0 Å². The molecule has 1 amide bonds. The van der Waals surface area contributed by atoms with Gasteiger partial charge in [-0.25, -0.2) is 0 Å². The lowest BCUT2D eigenvalue weighted by Crippen LogP contribution is -2.39. The van der Waals surface area contributed by atoms with E-state index in [1.54, 1.807) is 13.8 Å². The number of carbonyl (C=O) groups is 1. The number of aryl methyl sites for hydroxylation is 1. The van der Waals surface area contributed by atoms with Gasteiger partial charge < -0.3 is 10.6 Å². The van der Waals surface area contributed by atoms with Crippen molar-refractivity contribution in [1.29, 1.82) is 0 Å². The number of rotatable bonds is 5. The average molecular weight is 278 g/mol. The van der Waals surface area contributed by atoms with Gasteiger partial charge in [-0.2, -0.15) is 18.3 Å². The maximum Gasteiger partial charge on any atom is 0.406 e. The number of aromatic nitrogens is 2. The quantitative estimate of drug-likeness (QED) is 0.864. The van der Waals surface area contributed by atoms with E-state index in [1.165, 1.54) is 0 Å². The van der Waals surface area contributed by atoms with Crippen LogP contribution >= 0.6 is 0 Å². The van der Waals surface area contributed by atoms with Gasteiger partial charge in [-0.3, -0.25) is 9.89 Å². The second-order valence-corrected chi connectivity index (χ2v) is 4.16. The predicted octanol–water partition coefficient (Wildman–Crippen LogP) is 1.97. The van der Waals surface area contributed by atoms with Crippen LogP contribution in [0.15, 0.2) is 0 Å². The Hall–Kier alpha value is -1.73. The Morgan fingerprint density at radius 3 is 2.47 bits per heavy atom. The van der Waals surface area contributed by atoms with Gasteiger partial charge >= 0.3 is 6.18 Å². The molecular weight excluding hydrogens is 261 g/mol. The van der Waals surface area contributed by atoms with Gasteiger partial charge in [-0.05, 0) is 12.8 Å². The van der Waals surface area contributed by atoms with E-state index in [1.807, 2.05) is 0 Å². The fourth-order valence-electron chi connectivity index (χ4n) is 1.71. The second kappa shape index (κ2) is 5.94. The first-order valence-electron chi connectivity index (χ1n) is 5.98. The number of nitrogens with one attached hydrogen (secondary N) is 1. The number of anilines is 1. The predicted molar refractivity (Wildman–Crippen MR) is 64.6 cm³/mol. The van der Waals surface area contributed by atoms with Gasteiger partial charge in [0.05, 0.1) is 11.4 Å². The molecule has 0 bridgehead atoms. The lowest BCUT2D eigenvalue weighted by Gasteiger charge is -2.22. The molecule has 0 unspecified atom stereocenters. The highest BCUT2D eigenvalue weighted by Crippen LogP contribution is 2.21. The van der Waals surface area contributed by atoms with Crippen LogP contribution in [0.5, 0.6) is 0 Å². The molecule has 0 aliphatic rings. The topological polar surface area (TPSA) is 75.0 Å². The minimum atomic E-state index is -4.44. The summed E-state index contributed by atoms with van der Waals surface area (Å²) in [4.78, 5) is 12.7. The monoisotopic (exact) mass is 278 g/mol. The van der Waals surface area contributed by atoms with E-state index in [0.717, 1.165) is 0 Å². The fraction of sp³-hybridized carbons (Fsp3) is 0.636. The maximum atomic E-state index is 12.4. The molecule has 5 nitrogen and oxygen atoms in total. The van der Waals surface area contributed by atoms with Crippen LogP contribution in [-0.4, -0.2) is 40.3 Å². The minimum Gasteiger partial charge on any atom is -0.395 e. The van der Waals surface area contributed by atoms with Gasteiger partial charge in [0.2, 0.25) is 0 Å². The Kier molecular flexibility index (Phi) is 4.79. The molecule has 0 atom stereocenters. The Labute approximate surface area is 109 Å². The lowest BCUT2D eigenvalue weighted by atomic mass is 10.2. The molecule has 0 radical (unpaired) electrons. The number of nitrogens with two attached hydrogens (primary N) is 1. The zero-order valence-electron chi connectivity index (χ0n) is 10.8. The molecule has 0 saturated heterocycles. The SMILES string of the molecule is CCCN(CC(F)(F)F)C(=O)c1n[nH]c(CC)c1N. The van der Waals surface area contributed by atoms with Gasteiger partial charge in [0, 0.05) is 6.54 Å². The molecular formula is C11H17F3N4O. The van der Waals surface area contributed by atoms with Gasteiger partial charge in [0.15, 0.2) is 5.69 Å². The van der Waals surface area contributed by atoms with Crippen molar-refractivity contribution in [3.8, 4) is 0 Å². The van der Waals surface area contributed by atoms with Crippen LogP contribution in [0.4, 0.5) is 18.9 Å². The lowest BCUT2D eigenvalue weighted by molar-refractivity contribution is -0.140. The number of alkyl halides is 3. The van der Waals surface area contributed by atoms with E-state index in [-0.39, 0.29) is 17.9 Å². The van der Waals surface area contributed by atoms with Crippen LogP contribution < -0.4 is 5.73 Å².